The van der Waals surface area contributed by atoms with Crippen LogP contribution in [0.25, 0.3) is 0 Å². The first-order valence-corrected chi connectivity index (χ1v) is 7.55. The molecule has 1 saturated heterocycles. The molecule has 0 saturated carbocycles. The van der Waals surface area contributed by atoms with Crippen LogP contribution in [-0.2, 0) is 11.3 Å². The fourth-order valence-corrected chi connectivity index (χ4v) is 2.71. The fourth-order valence-electron chi connectivity index (χ4n) is 2.71. The van der Waals surface area contributed by atoms with E-state index in [1.54, 1.807) is 0 Å². The van der Waals surface area contributed by atoms with Crippen molar-refractivity contribution < 1.29 is 9.94 Å². The highest BCUT2D eigenvalue weighted by molar-refractivity contribution is 5.97. The van der Waals surface area contributed by atoms with E-state index in [1.807, 2.05) is 12.1 Å². The smallest absolute Gasteiger partial charge is 0.170 e. The Morgan fingerprint density at radius 1 is 1.52 bits per heavy atom. The Hall–Kier alpha value is -1.59. The lowest BCUT2D eigenvalue weighted by atomic mass is 10.0. The molecule has 0 aliphatic carbocycles. The van der Waals surface area contributed by atoms with Gasteiger partial charge < -0.3 is 15.7 Å². The molecule has 0 bridgehead atoms. The van der Waals surface area contributed by atoms with Crippen molar-refractivity contribution in [3.05, 3.63) is 34.9 Å². The van der Waals surface area contributed by atoms with Crippen LogP contribution in [0.15, 0.2) is 23.4 Å². The summed E-state index contributed by atoms with van der Waals surface area (Å²) in [4.78, 5) is 2.40. The summed E-state index contributed by atoms with van der Waals surface area (Å²) in [5.74, 6) is 0.149. The predicted molar refractivity (Wildman–Crippen MR) is 83.6 cm³/mol. The van der Waals surface area contributed by atoms with Crippen LogP contribution in [0.3, 0.4) is 0 Å². The van der Waals surface area contributed by atoms with Gasteiger partial charge in [-0.05, 0) is 43.5 Å². The Balaban J connectivity index is 2.03. The van der Waals surface area contributed by atoms with Crippen molar-refractivity contribution in [2.45, 2.75) is 39.3 Å². The summed E-state index contributed by atoms with van der Waals surface area (Å²) in [6.07, 6.45) is 2.72. The number of nitrogens with two attached hydrogens (primary N) is 1. The monoisotopic (exact) mass is 291 g/mol. The van der Waals surface area contributed by atoms with Crippen molar-refractivity contribution in [3.63, 3.8) is 0 Å². The number of rotatable bonds is 6. The van der Waals surface area contributed by atoms with Gasteiger partial charge in [-0.25, -0.2) is 0 Å². The van der Waals surface area contributed by atoms with Gasteiger partial charge in [-0.3, -0.25) is 4.90 Å². The molecule has 1 unspecified atom stereocenters. The summed E-state index contributed by atoms with van der Waals surface area (Å²) < 4.78 is 5.72. The number of hydrogen-bond donors (Lipinski definition) is 2. The number of amidine groups is 1. The average molecular weight is 291 g/mol. The molecule has 0 radical (unpaired) electrons. The fraction of sp³-hybridized carbons (Fsp3) is 0.562. The van der Waals surface area contributed by atoms with Crippen molar-refractivity contribution in [1.82, 2.24) is 4.90 Å². The van der Waals surface area contributed by atoms with Gasteiger partial charge in [0.2, 0.25) is 0 Å². The number of aryl methyl sites for hydroxylation is 1. The van der Waals surface area contributed by atoms with E-state index in [4.69, 9.17) is 15.7 Å². The molecule has 2 rings (SSSR count). The van der Waals surface area contributed by atoms with Gasteiger partial charge >= 0.3 is 0 Å². The van der Waals surface area contributed by atoms with E-state index in [1.165, 1.54) is 12.0 Å². The zero-order valence-electron chi connectivity index (χ0n) is 12.9. The number of oxime groups is 1. The maximum Gasteiger partial charge on any atom is 0.170 e. The van der Waals surface area contributed by atoms with Crippen LogP contribution >= 0.6 is 0 Å². The van der Waals surface area contributed by atoms with Crippen molar-refractivity contribution in [1.29, 1.82) is 0 Å². The minimum atomic E-state index is 0.149. The Bertz CT molecular complexity index is 496. The maximum absolute atomic E-state index is 8.73. The molecule has 1 fully saturated rings. The third kappa shape index (κ3) is 4.19. The molecular formula is C16H25N3O2. The Morgan fingerprint density at radius 2 is 2.33 bits per heavy atom. The van der Waals surface area contributed by atoms with E-state index >= 15 is 0 Å². The molecule has 3 N–H and O–H groups in total. The zero-order chi connectivity index (χ0) is 15.2. The summed E-state index contributed by atoms with van der Waals surface area (Å²) in [5.41, 5.74) is 8.80. The van der Waals surface area contributed by atoms with E-state index in [0.717, 1.165) is 43.8 Å². The van der Waals surface area contributed by atoms with E-state index in [9.17, 15) is 0 Å². The molecule has 5 heteroatoms. The van der Waals surface area contributed by atoms with E-state index < -0.39 is 0 Å². The highest BCUT2D eigenvalue weighted by Crippen LogP contribution is 2.17. The van der Waals surface area contributed by atoms with Gasteiger partial charge in [-0.2, -0.15) is 0 Å². The highest BCUT2D eigenvalue weighted by Gasteiger charge is 2.19. The van der Waals surface area contributed by atoms with Gasteiger partial charge in [0, 0.05) is 25.3 Å². The second-order valence-corrected chi connectivity index (χ2v) is 5.59. The van der Waals surface area contributed by atoms with E-state index in [2.05, 4.69) is 30.0 Å². The quantitative estimate of drug-likeness (QED) is 0.364. The number of nitrogens with zero attached hydrogens (tertiary/aromatic N) is 2. The van der Waals surface area contributed by atoms with Gasteiger partial charge in [-0.1, -0.05) is 24.2 Å². The Morgan fingerprint density at radius 3 is 2.90 bits per heavy atom. The minimum absolute atomic E-state index is 0.149. The summed E-state index contributed by atoms with van der Waals surface area (Å²) in [7, 11) is 0. The van der Waals surface area contributed by atoms with Crippen LogP contribution < -0.4 is 5.73 Å². The first-order chi connectivity index (χ1) is 10.1. The number of ether oxygens (including phenoxy) is 1. The molecule has 1 aromatic rings. The lowest BCUT2D eigenvalue weighted by molar-refractivity contribution is 0.0724. The average Bonchev–Trinajstić information content (AvgIpc) is 3.00. The van der Waals surface area contributed by atoms with Gasteiger partial charge in [-0.15, -0.1) is 0 Å². The summed E-state index contributed by atoms with van der Waals surface area (Å²) >= 11 is 0. The molecule has 5 nitrogen and oxygen atoms in total. The largest absolute Gasteiger partial charge is 0.409 e. The summed E-state index contributed by atoms with van der Waals surface area (Å²) in [5, 5.41) is 11.8. The van der Waals surface area contributed by atoms with Crippen LogP contribution in [0.4, 0.5) is 0 Å². The Labute approximate surface area is 126 Å². The lowest BCUT2D eigenvalue weighted by Gasteiger charge is -2.24. The van der Waals surface area contributed by atoms with E-state index in [-0.39, 0.29) is 5.84 Å². The third-order valence-corrected chi connectivity index (χ3v) is 4.07. The lowest BCUT2D eigenvalue weighted by Crippen LogP contribution is -2.31. The van der Waals surface area contributed by atoms with Crippen molar-refractivity contribution in [2.24, 2.45) is 10.9 Å². The topological polar surface area (TPSA) is 71.1 Å². The zero-order valence-corrected chi connectivity index (χ0v) is 12.9. The number of likely N-dealkylation sites (N-methyl/N-ethyl adjacent to an activating group) is 1. The predicted octanol–water partition coefficient (Wildman–Crippen LogP) is 2.09. The molecule has 1 atom stereocenters. The molecule has 1 heterocycles. The summed E-state index contributed by atoms with van der Waals surface area (Å²) in [6, 6.07) is 5.92. The van der Waals surface area contributed by atoms with Gasteiger partial charge in [0.1, 0.15) is 0 Å². The molecule has 0 aromatic heterocycles. The highest BCUT2D eigenvalue weighted by atomic mass is 16.5. The molecule has 116 valence electrons. The second kappa shape index (κ2) is 7.43. The van der Waals surface area contributed by atoms with Crippen molar-refractivity contribution in [2.75, 3.05) is 19.7 Å². The van der Waals surface area contributed by atoms with E-state index in [0.29, 0.717) is 6.10 Å². The molecule has 21 heavy (non-hydrogen) atoms. The molecule has 0 spiro atoms. The number of hydrogen-bond acceptors (Lipinski definition) is 4. The normalized spacial score (nSPS) is 19.4. The van der Waals surface area contributed by atoms with Crippen LogP contribution in [0, 0.1) is 6.92 Å². The number of benzene rings is 1. The van der Waals surface area contributed by atoms with Crippen LogP contribution in [0.5, 0.6) is 0 Å². The van der Waals surface area contributed by atoms with Gasteiger partial charge in [0.25, 0.3) is 0 Å². The second-order valence-electron chi connectivity index (χ2n) is 5.59. The molecule has 1 aromatic carbocycles. The molecule has 1 aliphatic heterocycles. The maximum atomic E-state index is 8.73. The first kappa shape index (κ1) is 15.8. The van der Waals surface area contributed by atoms with Crippen molar-refractivity contribution >= 4 is 5.84 Å². The third-order valence-electron chi connectivity index (χ3n) is 4.07. The van der Waals surface area contributed by atoms with Gasteiger partial charge in [0.15, 0.2) is 5.84 Å². The molecule has 1 aliphatic rings. The Kier molecular flexibility index (Phi) is 5.59. The van der Waals surface area contributed by atoms with Gasteiger partial charge in [0.05, 0.1) is 6.10 Å². The minimum Gasteiger partial charge on any atom is -0.409 e. The SMILES string of the molecule is CCN(Cc1ccc(/C(N)=N/O)cc1C)CC1CCCO1. The molecule has 0 amide bonds. The summed E-state index contributed by atoms with van der Waals surface area (Å²) in [6.45, 7) is 8.02. The van der Waals surface area contributed by atoms with Crippen LogP contribution in [0.2, 0.25) is 0 Å². The van der Waals surface area contributed by atoms with Crippen LogP contribution in [-0.4, -0.2) is 41.7 Å². The standard InChI is InChI=1S/C16H25N3O2/c1-3-19(11-15-5-4-8-21-15)10-14-7-6-13(9-12(14)2)16(17)18-20/h6-7,9,15,20H,3-5,8,10-11H2,1-2H3,(H2,17,18). The first-order valence-electron chi connectivity index (χ1n) is 7.55. The molecular weight excluding hydrogens is 266 g/mol. The van der Waals surface area contributed by atoms with Crippen LogP contribution in [0.1, 0.15) is 36.5 Å². The van der Waals surface area contributed by atoms with Crippen molar-refractivity contribution in [3.8, 4) is 0 Å².